The summed E-state index contributed by atoms with van der Waals surface area (Å²) < 4.78 is 11.9. The largest absolute Gasteiger partial charge is 0.417 e. The summed E-state index contributed by atoms with van der Waals surface area (Å²) in [5.74, 6) is 0.655. The van der Waals surface area contributed by atoms with Gasteiger partial charge in [-0.3, -0.25) is 5.32 Å². The molecule has 2 saturated heterocycles. The van der Waals surface area contributed by atoms with Crippen molar-refractivity contribution in [3.05, 3.63) is 0 Å². The molecule has 96 valence electrons. The Bertz CT molecular complexity index is 282. The summed E-state index contributed by atoms with van der Waals surface area (Å²) in [6.45, 7) is 6.17. The van der Waals surface area contributed by atoms with Gasteiger partial charge in [-0.2, -0.15) is 0 Å². The predicted octanol–water partition coefficient (Wildman–Crippen LogP) is 0.917. The highest BCUT2D eigenvalue weighted by atomic mass is 16.5. The molecule has 2 N–H and O–H groups in total. The SMILES string of the molecule is CC1(C)NB(C2CNCO2)O[C@@H]2CCCC[C@@H]21. The first-order valence-electron chi connectivity index (χ1n) is 6.92. The van der Waals surface area contributed by atoms with Crippen LogP contribution in [0, 0.1) is 5.92 Å². The van der Waals surface area contributed by atoms with Crippen LogP contribution in [0.2, 0.25) is 0 Å². The third-order valence-electron chi connectivity index (χ3n) is 4.55. The quantitative estimate of drug-likeness (QED) is 0.666. The normalized spacial score (nSPS) is 41.3. The van der Waals surface area contributed by atoms with Crippen LogP contribution in [0.4, 0.5) is 0 Å². The van der Waals surface area contributed by atoms with Crippen LogP contribution in [-0.2, 0) is 9.39 Å². The monoisotopic (exact) mass is 238 g/mol. The summed E-state index contributed by atoms with van der Waals surface area (Å²) in [5, 5.41) is 6.87. The first kappa shape index (κ1) is 12.0. The number of hydrogen-bond acceptors (Lipinski definition) is 4. The van der Waals surface area contributed by atoms with E-state index in [1.165, 1.54) is 25.7 Å². The lowest BCUT2D eigenvalue weighted by atomic mass is 9.63. The van der Waals surface area contributed by atoms with E-state index in [1.807, 2.05) is 0 Å². The molecule has 0 radical (unpaired) electrons. The molecule has 3 atom stereocenters. The second-order valence-electron chi connectivity index (χ2n) is 6.16. The number of ether oxygens (including phenoxy) is 1. The van der Waals surface area contributed by atoms with Gasteiger partial charge in [0.2, 0.25) is 0 Å². The minimum absolute atomic E-state index is 0.0550. The molecule has 1 saturated carbocycles. The highest BCUT2D eigenvalue weighted by Gasteiger charge is 2.49. The van der Waals surface area contributed by atoms with Crippen molar-refractivity contribution >= 4 is 7.05 Å². The Morgan fingerprint density at radius 1 is 1.24 bits per heavy atom. The van der Waals surface area contributed by atoms with Gasteiger partial charge >= 0.3 is 7.05 Å². The van der Waals surface area contributed by atoms with Crippen LogP contribution in [0.25, 0.3) is 0 Å². The minimum Gasteiger partial charge on any atom is -0.417 e. The van der Waals surface area contributed by atoms with Gasteiger partial charge in [0, 0.05) is 24.1 Å². The van der Waals surface area contributed by atoms with Gasteiger partial charge in [0.25, 0.3) is 0 Å². The zero-order chi connectivity index (χ0) is 11.9. The van der Waals surface area contributed by atoms with E-state index >= 15 is 0 Å². The predicted molar refractivity (Wildman–Crippen MR) is 67.5 cm³/mol. The van der Waals surface area contributed by atoms with Gasteiger partial charge in [0.1, 0.15) is 0 Å². The van der Waals surface area contributed by atoms with Crippen LogP contribution in [0.1, 0.15) is 39.5 Å². The average molecular weight is 238 g/mol. The van der Waals surface area contributed by atoms with Crippen molar-refractivity contribution in [1.82, 2.24) is 10.5 Å². The lowest BCUT2D eigenvalue weighted by Gasteiger charge is -2.50. The van der Waals surface area contributed by atoms with E-state index in [0.29, 0.717) is 18.8 Å². The molecule has 3 rings (SSSR count). The molecule has 0 amide bonds. The summed E-state index contributed by atoms with van der Waals surface area (Å²) in [5.41, 5.74) is 0.167. The van der Waals surface area contributed by atoms with Crippen molar-refractivity contribution in [2.75, 3.05) is 13.3 Å². The fourth-order valence-corrected chi connectivity index (χ4v) is 3.58. The van der Waals surface area contributed by atoms with Gasteiger partial charge < -0.3 is 14.6 Å². The van der Waals surface area contributed by atoms with Crippen LogP contribution in [0.5, 0.6) is 0 Å². The Morgan fingerprint density at radius 2 is 2.06 bits per heavy atom. The third-order valence-corrected chi connectivity index (χ3v) is 4.55. The van der Waals surface area contributed by atoms with E-state index in [2.05, 4.69) is 24.4 Å². The molecule has 4 nitrogen and oxygen atoms in total. The Balaban J connectivity index is 1.73. The van der Waals surface area contributed by atoms with Crippen LogP contribution in [0.3, 0.4) is 0 Å². The van der Waals surface area contributed by atoms with E-state index in [9.17, 15) is 0 Å². The maximum atomic E-state index is 6.23. The van der Waals surface area contributed by atoms with Crippen LogP contribution in [0.15, 0.2) is 0 Å². The van der Waals surface area contributed by atoms with E-state index in [1.54, 1.807) is 0 Å². The molecular weight excluding hydrogens is 215 g/mol. The molecular formula is C12H23BN2O2. The van der Waals surface area contributed by atoms with Gasteiger partial charge in [-0.25, -0.2) is 0 Å². The zero-order valence-electron chi connectivity index (χ0n) is 10.9. The lowest BCUT2D eigenvalue weighted by Crippen LogP contribution is -2.68. The molecule has 0 aromatic carbocycles. The van der Waals surface area contributed by atoms with Crippen molar-refractivity contribution in [1.29, 1.82) is 0 Å². The van der Waals surface area contributed by atoms with Gasteiger partial charge in [0.05, 0.1) is 12.7 Å². The standard InChI is InChI=1S/C12H23BN2O2/c1-12(2)9-5-3-4-6-10(9)17-13(15-12)11-7-14-8-16-11/h9-11,14-15H,3-8H2,1-2H3/t9-,10+,11?/m0/s1. The van der Waals surface area contributed by atoms with Crippen molar-refractivity contribution in [2.45, 2.75) is 57.2 Å². The molecule has 0 spiro atoms. The van der Waals surface area contributed by atoms with Crippen LogP contribution >= 0.6 is 0 Å². The molecule has 3 aliphatic rings. The molecule has 1 unspecified atom stereocenters. The van der Waals surface area contributed by atoms with Crippen LogP contribution < -0.4 is 10.5 Å². The fraction of sp³-hybridized carbons (Fsp3) is 1.00. The fourth-order valence-electron chi connectivity index (χ4n) is 3.58. The molecule has 2 heterocycles. The number of fused-ring (bicyclic) bond motifs is 1. The van der Waals surface area contributed by atoms with E-state index < -0.39 is 0 Å². The number of hydrogen-bond donors (Lipinski definition) is 2. The van der Waals surface area contributed by atoms with Crippen molar-refractivity contribution < 1.29 is 9.39 Å². The number of nitrogens with one attached hydrogen (secondary N) is 2. The maximum Gasteiger partial charge on any atom is 0.412 e. The summed E-state index contributed by atoms with van der Waals surface area (Å²) in [7, 11) is 0.0550. The van der Waals surface area contributed by atoms with Crippen molar-refractivity contribution in [3.8, 4) is 0 Å². The Kier molecular flexibility index (Phi) is 3.19. The molecule has 2 aliphatic heterocycles. The highest BCUT2D eigenvalue weighted by Crippen LogP contribution is 2.38. The molecule has 5 heteroatoms. The van der Waals surface area contributed by atoms with E-state index in [4.69, 9.17) is 9.39 Å². The van der Waals surface area contributed by atoms with Gasteiger partial charge in [-0.05, 0) is 26.7 Å². The topological polar surface area (TPSA) is 42.5 Å². The lowest BCUT2D eigenvalue weighted by molar-refractivity contribution is -0.000132. The second-order valence-corrected chi connectivity index (χ2v) is 6.16. The average Bonchev–Trinajstić information content (AvgIpc) is 2.81. The van der Waals surface area contributed by atoms with Gasteiger partial charge in [-0.15, -0.1) is 0 Å². The van der Waals surface area contributed by atoms with Gasteiger partial charge in [0.15, 0.2) is 0 Å². The van der Waals surface area contributed by atoms with Crippen molar-refractivity contribution in [2.24, 2.45) is 5.92 Å². The summed E-state index contributed by atoms with van der Waals surface area (Å²) >= 11 is 0. The Morgan fingerprint density at radius 3 is 2.82 bits per heavy atom. The zero-order valence-corrected chi connectivity index (χ0v) is 10.9. The second kappa shape index (κ2) is 4.54. The molecule has 3 fully saturated rings. The molecule has 0 aromatic rings. The smallest absolute Gasteiger partial charge is 0.412 e. The summed E-state index contributed by atoms with van der Waals surface area (Å²) in [6, 6.07) is 0.164. The molecule has 1 aliphatic carbocycles. The Labute approximate surface area is 104 Å². The molecule has 17 heavy (non-hydrogen) atoms. The first-order chi connectivity index (χ1) is 8.17. The maximum absolute atomic E-state index is 6.23. The third kappa shape index (κ3) is 2.26. The van der Waals surface area contributed by atoms with Crippen LogP contribution in [-0.4, -0.2) is 38.0 Å². The molecule has 0 aromatic heterocycles. The molecule has 0 bridgehead atoms. The number of rotatable bonds is 1. The highest BCUT2D eigenvalue weighted by molar-refractivity contribution is 6.51. The summed E-state index contributed by atoms with van der Waals surface area (Å²) in [4.78, 5) is 0. The van der Waals surface area contributed by atoms with E-state index in [-0.39, 0.29) is 18.6 Å². The van der Waals surface area contributed by atoms with E-state index in [0.717, 1.165) is 6.54 Å². The summed E-state index contributed by atoms with van der Waals surface area (Å²) in [6.07, 6.45) is 5.59. The minimum atomic E-state index is 0.0550. The van der Waals surface area contributed by atoms with Crippen molar-refractivity contribution in [3.63, 3.8) is 0 Å². The Hall–Kier alpha value is -0.0951. The first-order valence-corrected chi connectivity index (χ1v) is 6.92. The van der Waals surface area contributed by atoms with Gasteiger partial charge in [-0.1, -0.05) is 12.8 Å².